The van der Waals surface area contributed by atoms with Crippen LogP contribution in [0.25, 0.3) is 0 Å². The van der Waals surface area contributed by atoms with E-state index in [0.717, 1.165) is 36.4 Å². The van der Waals surface area contributed by atoms with Crippen molar-refractivity contribution in [1.29, 1.82) is 0 Å². The van der Waals surface area contributed by atoms with Gasteiger partial charge in [-0.2, -0.15) is 0 Å². The van der Waals surface area contributed by atoms with Gasteiger partial charge in [-0.3, -0.25) is 4.99 Å². The van der Waals surface area contributed by atoms with Crippen molar-refractivity contribution in [1.82, 2.24) is 0 Å². The van der Waals surface area contributed by atoms with Gasteiger partial charge in [0.1, 0.15) is 0 Å². The van der Waals surface area contributed by atoms with E-state index in [9.17, 15) is 0 Å². The van der Waals surface area contributed by atoms with Crippen LogP contribution in [-0.2, 0) is 0 Å². The molecule has 0 saturated heterocycles. The summed E-state index contributed by atoms with van der Waals surface area (Å²) in [5.74, 6) is 0.741. The molecule has 1 aliphatic heterocycles. The summed E-state index contributed by atoms with van der Waals surface area (Å²) in [5, 5.41) is 5.15. The minimum atomic E-state index is 0.641. The third-order valence-electron chi connectivity index (χ3n) is 3.70. The Morgan fingerprint density at radius 1 is 1.24 bits per heavy atom. The molecular formula is C17H27N3S. The first-order chi connectivity index (χ1) is 10.1. The van der Waals surface area contributed by atoms with Crippen molar-refractivity contribution in [3.63, 3.8) is 0 Å². The molecule has 1 aromatic rings. The van der Waals surface area contributed by atoms with E-state index in [4.69, 9.17) is 0 Å². The average Bonchev–Trinajstić information content (AvgIpc) is 2.88. The molecule has 3 nitrogen and oxygen atoms in total. The zero-order chi connectivity index (χ0) is 15.2. The summed E-state index contributed by atoms with van der Waals surface area (Å²) in [4.78, 5) is 6.96. The summed E-state index contributed by atoms with van der Waals surface area (Å²) in [6.45, 7) is 12.0. The van der Waals surface area contributed by atoms with Crippen LogP contribution in [0.2, 0.25) is 0 Å². The summed E-state index contributed by atoms with van der Waals surface area (Å²) in [5.41, 5.74) is 2.41. The number of benzene rings is 1. The summed E-state index contributed by atoms with van der Waals surface area (Å²) in [6, 6.07) is 8.65. The van der Waals surface area contributed by atoms with E-state index in [1.54, 1.807) is 0 Å². The molecule has 1 N–H and O–H groups in total. The van der Waals surface area contributed by atoms with Crippen molar-refractivity contribution in [2.45, 2.75) is 39.4 Å². The molecule has 4 heteroatoms. The number of amidine groups is 1. The van der Waals surface area contributed by atoms with Gasteiger partial charge in [-0.05, 0) is 50.5 Å². The maximum absolute atomic E-state index is 4.61. The monoisotopic (exact) mass is 305 g/mol. The Morgan fingerprint density at radius 3 is 2.48 bits per heavy atom. The second-order valence-electron chi connectivity index (χ2n) is 5.86. The molecule has 0 aliphatic carbocycles. The highest BCUT2D eigenvalue weighted by molar-refractivity contribution is 8.15. The Hall–Kier alpha value is -1.16. The fourth-order valence-corrected chi connectivity index (χ4v) is 3.87. The first-order valence-corrected chi connectivity index (χ1v) is 8.83. The van der Waals surface area contributed by atoms with Gasteiger partial charge in [0.15, 0.2) is 5.17 Å². The lowest BCUT2D eigenvalue weighted by Crippen LogP contribution is -2.21. The molecule has 1 atom stereocenters. The molecule has 0 radical (unpaired) electrons. The largest absolute Gasteiger partial charge is 0.372 e. The fraction of sp³-hybridized carbons (Fsp3) is 0.588. The molecule has 1 unspecified atom stereocenters. The van der Waals surface area contributed by atoms with Gasteiger partial charge in [0, 0.05) is 29.7 Å². The minimum Gasteiger partial charge on any atom is -0.372 e. The molecule has 2 rings (SSSR count). The summed E-state index contributed by atoms with van der Waals surface area (Å²) in [6.07, 6.45) is 1.24. The molecule has 0 fully saturated rings. The molecule has 0 amide bonds. The van der Waals surface area contributed by atoms with Gasteiger partial charge in [-0.25, -0.2) is 0 Å². The number of thioether (sulfide) groups is 1. The maximum atomic E-state index is 4.61. The molecule has 0 saturated carbocycles. The van der Waals surface area contributed by atoms with E-state index in [1.807, 2.05) is 11.8 Å². The Balaban J connectivity index is 1.90. The lowest BCUT2D eigenvalue weighted by molar-refractivity contribution is 0.575. The smallest absolute Gasteiger partial charge is 0.161 e. The van der Waals surface area contributed by atoms with Crippen LogP contribution in [0.1, 0.15) is 34.1 Å². The minimum absolute atomic E-state index is 0.641. The molecule has 0 bridgehead atoms. The summed E-state index contributed by atoms with van der Waals surface area (Å²) < 4.78 is 0. The topological polar surface area (TPSA) is 27.6 Å². The Bertz CT molecular complexity index is 463. The van der Waals surface area contributed by atoms with Crippen LogP contribution in [0.15, 0.2) is 29.3 Å². The molecular weight excluding hydrogens is 278 g/mol. The van der Waals surface area contributed by atoms with Crippen molar-refractivity contribution in [3.8, 4) is 0 Å². The van der Waals surface area contributed by atoms with Gasteiger partial charge < -0.3 is 10.2 Å². The highest BCUT2D eigenvalue weighted by atomic mass is 32.2. The molecule has 0 aromatic heterocycles. The van der Waals surface area contributed by atoms with Gasteiger partial charge >= 0.3 is 0 Å². The van der Waals surface area contributed by atoms with Crippen molar-refractivity contribution in [3.05, 3.63) is 24.3 Å². The lowest BCUT2D eigenvalue weighted by Gasteiger charge is -2.21. The molecule has 1 aromatic carbocycles. The van der Waals surface area contributed by atoms with Gasteiger partial charge in [0.2, 0.25) is 0 Å². The summed E-state index contributed by atoms with van der Waals surface area (Å²) in [7, 11) is 0. The zero-order valence-corrected chi connectivity index (χ0v) is 14.4. The maximum Gasteiger partial charge on any atom is 0.161 e. The number of aliphatic imine (C=N–C) groups is 1. The van der Waals surface area contributed by atoms with Crippen molar-refractivity contribution in [2.75, 3.05) is 29.9 Å². The van der Waals surface area contributed by atoms with Crippen LogP contribution >= 0.6 is 11.8 Å². The van der Waals surface area contributed by atoms with E-state index in [2.05, 4.69) is 67.2 Å². The standard InChI is InChI=1S/C17H27N3S/c1-5-20(6-2)15-9-7-14(8-10-15)19-17-18-12-16(21-17)11-13(3)4/h7-10,13,16H,5-6,11-12H2,1-4H3,(H,18,19). The van der Waals surface area contributed by atoms with Gasteiger partial charge in [0.05, 0.1) is 6.54 Å². The Labute approximate surface area is 133 Å². The molecule has 1 aliphatic rings. The van der Waals surface area contributed by atoms with Gasteiger partial charge in [-0.15, -0.1) is 0 Å². The summed E-state index contributed by atoms with van der Waals surface area (Å²) >= 11 is 1.88. The molecule has 1 heterocycles. The predicted octanol–water partition coefficient (Wildman–Crippen LogP) is 4.46. The predicted molar refractivity (Wildman–Crippen MR) is 96.8 cm³/mol. The van der Waals surface area contributed by atoms with Crippen LogP contribution in [0, 0.1) is 5.92 Å². The van der Waals surface area contributed by atoms with E-state index in [1.165, 1.54) is 12.1 Å². The van der Waals surface area contributed by atoms with Crippen molar-refractivity contribution in [2.24, 2.45) is 10.9 Å². The highest BCUT2D eigenvalue weighted by Crippen LogP contribution is 2.28. The Morgan fingerprint density at radius 2 is 1.90 bits per heavy atom. The van der Waals surface area contributed by atoms with E-state index < -0.39 is 0 Å². The van der Waals surface area contributed by atoms with Crippen LogP contribution in [0.5, 0.6) is 0 Å². The number of anilines is 2. The third kappa shape index (κ3) is 4.67. The van der Waals surface area contributed by atoms with E-state index in [0.29, 0.717) is 5.25 Å². The van der Waals surface area contributed by atoms with Crippen LogP contribution < -0.4 is 10.2 Å². The van der Waals surface area contributed by atoms with Crippen LogP contribution in [0.3, 0.4) is 0 Å². The van der Waals surface area contributed by atoms with Crippen LogP contribution in [-0.4, -0.2) is 30.1 Å². The number of hydrogen-bond donors (Lipinski definition) is 1. The SMILES string of the molecule is CCN(CC)c1ccc(NC2=NCC(CC(C)C)S2)cc1. The third-order valence-corrected chi connectivity index (χ3v) is 4.83. The van der Waals surface area contributed by atoms with E-state index in [-0.39, 0.29) is 0 Å². The number of nitrogens with zero attached hydrogens (tertiary/aromatic N) is 2. The second kappa shape index (κ2) is 7.74. The molecule has 21 heavy (non-hydrogen) atoms. The molecule has 116 valence electrons. The number of nitrogens with one attached hydrogen (secondary N) is 1. The average molecular weight is 305 g/mol. The van der Waals surface area contributed by atoms with Crippen molar-refractivity contribution >= 4 is 28.3 Å². The fourth-order valence-electron chi connectivity index (χ4n) is 2.60. The van der Waals surface area contributed by atoms with Gasteiger partial charge in [0.25, 0.3) is 0 Å². The highest BCUT2D eigenvalue weighted by Gasteiger charge is 2.20. The van der Waals surface area contributed by atoms with Crippen molar-refractivity contribution < 1.29 is 0 Å². The van der Waals surface area contributed by atoms with E-state index >= 15 is 0 Å². The molecule has 0 spiro atoms. The van der Waals surface area contributed by atoms with Gasteiger partial charge in [-0.1, -0.05) is 25.6 Å². The first-order valence-electron chi connectivity index (χ1n) is 7.95. The second-order valence-corrected chi connectivity index (χ2v) is 7.15. The Kier molecular flexibility index (Phi) is 5.97. The van der Waals surface area contributed by atoms with Crippen LogP contribution in [0.4, 0.5) is 11.4 Å². The number of hydrogen-bond acceptors (Lipinski definition) is 4. The number of rotatable bonds is 6. The normalized spacial score (nSPS) is 18.0. The quantitative estimate of drug-likeness (QED) is 0.840. The zero-order valence-electron chi connectivity index (χ0n) is 13.6. The first kappa shape index (κ1) is 16.2. The lowest BCUT2D eigenvalue weighted by atomic mass is 10.1.